The van der Waals surface area contributed by atoms with Crippen LogP contribution >= 0.6 is 39.0 Å². The number of hydrogen-bond donors (Lipinski definition) is 1. The first-order valence-electron chi connectivity index (χ1n) is 8.97. The summed E-state index contributed by atoms with van der Waals surface area (Å²) in [7, 11) is -3.41. The van der Waals surface area contributed by atoms with Gasteiger partial charge in [0.1, 0.15) is 0 Å². The molecule has 29 heavy (non-hydrogen) atoms. The number of nitrogens with one attached hydrogen (secondary N) is 1. The highest BCUT2D eigenvalue weighted by Crippen LogP contribution is 2.27. The molecule has 1 fully saturated rings. The molecule has 0 spiro atoms. The van der Waals surface area contributed by atoms with Crippen LogP contribution in [0.3, 0.4) is 0 Å². The largest absolute Gasteiger partial charge is 0.300 e. The van der Waals surface area contributed by atoms with Gasteiger partial charge in [0.2, 0.25) is 21.1 Å². The number of rotatable bonds is 8. The van der Waals surface area contributed by atoms with Crippen LogP contribution in [0.4, 0.5) is 5.13 Å². The predicted molar refractivity (Wildman–Crippen MR) is 121 cm³/mol. The Kier molecular flexibility index (Phi) is 7.85. The first kappa shape index (κ1) is 22.4. The van der Waals surface area contributed by atoms with Crippen molar-refractivity contribution in [1.29, 1.82) is 0 Å². The summed E-state index contributed by atoms with van der Waals surface area (Å²) in [5.41, 5.74) is 0.745. The number of carbonyl (C=O) groups excluding carboxylic acids is 1. The molecule has 0 unspecified atom stereocenters. The minimum atomic E-state index is -3.41. The van der Waals surface area contributed by atoms with E-state index in [1.165, 1.54) is 27.4 Å². The maximum atomic E-state index is 12.7. The maximum Gasteiger partial charge on any atom is 0.229 e. The van der Waals surface area contributed by atoms with Gasteiger partial charge >= 0.3 is 0 Å². The van der Waals surface area contributed by atoms with Crippen molar-refractivity contribution in [3.8, 4) is 0 Å². The van der Waals surface area contributed by atoms with Crippen molar-refractivity contribution in [2.75, 3.05) is 24.2 Å². The molecule has 1 saturated heterocycles. The van der Waals surface area contributed by atoms with Gasteiger partial charge in [-0.3, -0.25) is 4.79 Å². The van der Waals surface area contributed by atoms with Crippen LogP contribution in [0.25, 0.3) is 0 Å². The van der Waals surface area contributed by atoms with E-state index in [2.05, 4.69) is 38.0 Å². The summed E-state index contributed by atoms with van der Waals surface area (Å²) in [6.07, 6.45) is 2.76. The van der Waals surface area contributed by atoms with Crippen LogP contribution in [-0.4, -0.2) is 47.7 Å². The van der Waals surface area contributed by atoms with Gasteiger partial charge in [0.15, 0.2) is 4.34 Å². The Morgan fingerprint density at radius 1 is 1.31 bits per heavy atom. The van der Waals surface area contributed by atoms with Crippen molar-refractivity contribution in [1.82, 2.24) is 14.5 Å². The number of hydrogen-bond acceptors (Lipinski definition) is 7. The summed E-state index contributed by atoms with van der Waals surface area (Å²) in [4.78, 5) is 12.5. The molecule has 1 aliphatic rings. The molecule has 0 aliphatic carbocycles. The predicted octanol–water partition coefficient (Wildman–Crippen LogP) is 3.76. The monoisotopic (exact) mass is 516 g/mol. The van der Waals surface area contributed by atoms with Crippen molar-refractivity contribution in [2.45, 2.75) is 22.9 Å². The lowest BCUT2D eigenvalue weighted by Gasteiger charge is -2.30. The van der Waals surface area contributed by atoms with E-state index in [1.54, 1.807) is 18.2 Å². The van der Waals surface area contributed by atoms with Crippen molar-refractivity contribution >= 4 is 60.1 Å². The summed E-state index contributed by atoms with van der Waals surface area (Å²) in [6, 6.07) is 7.25. The molecule has 0 saturated carbocycles. The van der Waals surface area contributed by atoms with Crippen molar-refractivity contribution in [3.63, 3.8) is 0 Å². The fourth-order valence-electron chi connectivity index (χ4n) is 2.93. The van der Waals surface area contributed by atoms with Gasteiger partial charge in [-0.15, -0.1) is 16.8 Å². The molecule has 2 heterocycles. The minimum Gasteiger partial charge on any atom is -0.300 e. The summed E-state index contributed by atoms with van der Waals surface area (Å²) < 4.78 is 28.5. The van der Waals surface area contributed by atoms with Gasteiger partial charge in [-0.1, -0.05) is 57.2 Å². The maximum absolute atomic E-state index is 12.7. The molecular weight excluding hydrogens is 496 g/mol. The SMILES string of the molecule is C=CCSc1nnc(NC(=O)C2CCN(S(=O)(=O)Cc3ccc(Br)cc3)CC2)s1. The minimum absolute atomic E-state index is 0.0346. The highest BCUT2D eigenvalue weighted by molar-refractivity contribution is 9.10. The zero-order valence-corrected chi connectivity index (χ0v) is 19.6. The van der Waals surface area contributed by atoms with Gasteiger partial charge < -0.3 is 5.32 Å². The number of thioether (sulfide) groups is 1. The fourth-order valence-corrected chi connectivity index (χ4v) is 6.28. The molecule has 0 atom stereocenters. The fraction of sp³-hybridized carbons (Fsp3) is 0.389. The third kappa shape index (κ3) is 6.35. The molecular formula is C18H21BrN4O3S3. The lowest BCUT2D eigenvalue weighted by Crippen LogP contribution is -2.41. The number of sulfonamides is 1. The average Bonchev–Trinajstić information content (AvgIpc) is 3.15. The highest BCUT2D eigenvalue weighted by atomic mass is 79.9. The van der Waals surface area contributed by atoms with E-state index in [0.29, 0.717) is 31.1 Å². The lowest BCUT2D eigenvalue weighted by molar-refractivity contribution is -0.120. The van der Waals surface area contributed by atoms with Gasteiger partial charge in [0.25, 0.3) is 0 Å². The van der Waals surface area contributed by atoms with Crippen LogP contribution in [0, 0.1) is 5.92 Å². The van der Waals surface area contributed by atoms with Gasteiger partial charge in [-0.2, -0.15) is 0 Å². The second-order valence-electron chi connectivity index (χ2n) is 6.52. The van der Waals surface area contributed by atoms with Crippen LogP contribution in [0.5, 0.6) is 0 Å². The number of halogens is 1. The van der Waals surface area contributed by atoms with E-state index in [9.17, 15) is 13.2 Å². The third-order valence-electron chi connectivity index (χ3n) is 4.44. The number of benzene rings is 1. The number of amides is 1. The normalized spacial score (nSPS) is 15.9. The van der Waals surface area contributed by atoms with Gasteiger partial charge in [-0.05, 0) is 30.5 Å². The van der Waals surface area contributed by atoms with Crippen molar-refractivity contribution < 1.29 is 13.2 Å². The van der Waals surface area contributed by atoms with Crippen molar-refractivity contribution in [2.24, 2.45) is 5.92 Å². The molecule has 0 bridgehead atoms. The van der Waals surface area contributed by atoms with Crippen LogP contribution in [-0.2, 0) is 20.6 Å². The van der Waals surface area contributed by atoms with E-state index in [4.69, 9.17) is 0 Å². The highest BCUT2D eigenvalue weighted by Gasteiger charge is 2.31. The summed E-state index contributed by atoms with van der Waals surface area (Å²) in [5, 5.41) is 11.3. The van der Waals surface area contributed by atoms with Gasteiger partial charge in [0, 0.05) is 29.2 Å². The first-order valence-corrected chi connectivity index (χ1v) is 13.2. The first-order chi connectivity index (χ1) is 13.9. The molecule has 7 nitrogen and oxygen atoms in total. The lowest BCUT2D eigenvalue weighted by atomic mass is 9.97. The zero-order chi connectivity index (χ0) is 20.9. The Morgan fingerprint density at radius 3 is 2.66 bits per heavy atom. The summed E-state index contributed by atoms with van der Waals surface area (Å²) >= 11 is 6.18. The number of aromatic nitrogens is 2. The van der Waals surface area contributed by atoms with Crippen LogP contribution in [0.2, 0.25) is 0 Å². The number of piperidine rings is 1. The average molecular weight is 517 g/mol. The Bertz CT molecular complexity index is 955. The van der Waals surface area contributed by atoms with E-state index in [0.717, 1.165) is 20.1 Å². The topological polar surface area (TPSA) is 92.3 Å². The number of nitrogens with zero attached hydrogens (tertiary/aromatic N) is 3. The molecule has 1 aromatic heterocycles. The van der Waals surface area contributed by atoms with Crippen molar-refractivity contribution in [3.05, 3.63) is 47.0 Å². The summed E-state index contributed by atoms with van der Waals surface area (Å²) in [6.45, 7) is 4.34. The summed E-state index contributed by atoms with van der Waals surface area (Å²) in [5.74, 6) is 0.330. The molecule has 3 rings (SSSR count). The molecule has 11 heteroatoms. The second-order valence-corrected chi connectivity index (χ2v) is 11.6. The van der Waals surface area contributed by atoms with Gasteiger partial charge in [0.05, 0.1) is 5.75 Å². The Balaban J connectivity index is 1.51. The molecule has 2 aromatic rings. The standard InChI is InChI=1S/C18H21BrN4O3S3/c1-2-11-27-18-22-21-17(28-18)20-16(24)14-7-9-23(10-8-14)29(25,26)12-13-3-5-15(19)6-4-13/h2-6,14H,1,7-12H2,(H,20,21,24). The molecule has 1 N–H and O–H groups in total. The Morgan fingerprint density at radius 2 is 2.00 bits per heavy atom. The van der Waals surface area contributed by atoms with Crippen LogP contribution in [0.1, 0.15) is 18.4 Å². The Hall–Kier alpha value is -1.27. The number of anilines is 1. The molecule has 1 aromatic carbocycles. The third-order valence-corrected chi connectivity index (χ3v) is 8.79. The van der Waals surface area contributed by atoms with E-state index >= 15 is 0 Å². The van der Waals surface area contributed by atoms with E-state index in [-0.39, 0.29) is 17.6 Å². The molecule has 156 valence electrons. The van der Waals surface area contributed by atoms with Crippen LogP contribution < -0.4 is 5.32 Å². The quantitative estimate of drug-likeness (QED) is 0.326. The van der Waals surface area contributed by atoms with Crippen LogP contribution in [0.15, 0.2) is 45.7 Å². The Labute approximate surface area is 187 Å². The van der Waals surface area contributed by atoms with E-state index in [1.807, 2.05) is 12.1 Å². The van der Waals surface area contributed by atoms with Gasteiger partial charge in [-0.25, -0.2) is 12.7 Å². The van der Waals surface area contributed by atoms with E-state index < -0.39 is 10.0 Å². The number of carbonyl (C=O) groups is 1. The molecule has 0 radical (unpaired) electrons. The smallest absolute Gasteiger partial charge is 0.229 e. The zero-order valence-electron chi connectivity index (χ0n) is 15.6. The molecule has 1 amide bonds. The molecule has 1 aliphatic heterocycles. The second kappa shape index (κ2) is 10.2.